The third-order valence-corrected chi connectivity index (χ3v) is 4.30. The second-order valence-electron chi connectivity index (χ2n) is 5.71. The van der Waals surface area contributed by atoms with Crippen molar-refractivity contribution < 1.29 is 4.42 Å². The molecular weight excluding hydrogens is 314 g/mol. The predicted molar refractivity (Wildman–Crippen MR) is 89.7 cm³/mol. The van der Waals surface area contributed by atoms with E-state index in [-0.39, 0.29) is 11.9 Å². The lowest BCUT2D eigenvalue weighted by atomic mass is 9.98. The van der Waals surface area contributed by atoms with Gasteiger partial charge in [-0.05, 0) is 25.0 Å². The minimum Gasteiger partial charge on any atom is -0.440 e. The first-order valence-corrected chi connectivity index (χ1v) is 7.97. The Morgan fingerprint density at radius 1 is 1.22 bits per heavy atom. The number of rotatable bonds is 2. The van der Waals surface area contributed by atoms with Crippen LogP contribution in [0.25, 0.3) is 11.1 Å². The molecule has 0 saturated carbocycles. The lowest BCUT2D eigenvalue weighted by Crippen LogP contribution is -2.35. The normalized spacial score (nSPS) is 18.5. The van der Waals surface area contributed by atoms with Gasteiger partial charge in [-0.15, -0.1) is 0 Å². The summed E-state index contributed by atoms with van der Waals surface area (Å²) >= 11 is 5.99. The minimum atomic E-state index is 0.191. The van der Waals surface area contributed by atoms with Gasteiger partial charge in [0.1, 0.15) is 16.5 Å². The Morgan fingerprint density at radius 3 is 2.91 bits per heavy atom. The fourth-order valence-corrected chi connectivity index (χ4v) is 3.22. The standard InChI is InChI=1S/C16H16ClN5O/c17-13-8-14(21-16(18)20-13)22-7-3-4-10(9-22)15-19-11-5-1-2-6-12(11)23-15/h1-2,5-6,8,10H,3-4,7,9H2,(H2,18,20,21). The van der Waals surface area contributed by atoms with Crippen LogP contribution >= 0.6 is 11.6 Å². The van der Waals surface area contributed by atoms with Crippen LogP contribution in [0.4, 0.5) is 11.8 Å². The van der Waals surface area contributed by atoms with Crippen molar-refractivity contribution in [2.24, 2.45) is 0 Å². The molecule has 0 radical (unpaired) electrons. The molecule has 1 aromatic carbocycles. The molecule has 0 amide bonds. The molecule has 23 heavy (non-hydrogen) atoms. The van der Waals surface area contributed by atoms with Crippen molar-refractivity contribution in [2.75, 3.05) is 23.7 Å². The third kappa shape index (κ3) is 2.82. The van der Waals surface area contributed by atoms with Gasteiger partial charge in [-0.25, -0.2) is 9.97 Å². The van der Waals surface area contributed by atoms with Crippen LogP contribution in [0.2, 0.25) is 5.15 Å². The molecule has 4 rings (SSSR count). The quantitative estimate of drug-likeness (QED) is 0.727. The summed E-state index contributed by atoms with van der Waals surface area (Å²) in [7, 11) is 0. The van der Waals surface area contributed by atoms with Gasteiger partial charge in [0.25, 0.3) is 0 Å². The van der Waals surface area contributed by atoms with Gasteiger partial charge in [0.05, 0.1) is 5.92 Å². The molecular formula is C16H16ClN5O. The van der Waals surface area contributed by atoms with E-state index in [0.29, 0.717) is 5.15 Å². The fraction of sp³-hybridized carbons (Fsp3) is 0.312. The van der Waals surface area contributed by atoms with Gasteiger partial charge in [0, 0.05) is 19.2 Å². The molecule has 2 aromatic heterocycles. The van der Waals surface area contributed by atoms with Gasteiger partial charge < -0.3 is 15.1 Å². The molecule has 1 aliphatic rings. The van der Waals surface area contributed by atoms with Crippen molar-refractivity contribution in [3.05, 3.63) is 41.4 Å². The largest absolute Gasteiger partial charge is 0.440 e. The lowest BCUT2D eigenvalue weighted by molar-refractivity contribution is 0.412. The number of nitrogens with two attached hydrogens (primary N) is 1. The molecule has 0 spiro atoms. The maximum atomic E-state index is 5.99. The van der Waals surface area contributed by atoms with Crippen LogP contribution in [-0.4, -0.2) is 28.0 Å². The van der Waals surface area contributed by atoms with E-state index in [0.717, 1.165) is 48.7 Å². The van der Waals surface area contributed by atoms with Crippen LogP contribution < -0.4 is 10.6 Å². The number of oxazole rings is 1. The highest BCUT2D eigenvalue weighted by Crippen LogP contribution is 2.31. The summed E-state index contributed by atoms with van der Waals surface area (Å²) in [5.74, 6) is 1.95. The molecule has 3 heterocycles. The molecule has 1 aliphatic heterocycles. The molecule has 2 N–H and O–H groups in total. The third-order valence-electron chi connectivity index (χ3n) is 4.10. The van der Waals surface area contributed by atoms with E-state index in [2.05, 4.69) is 19.9 Å². The van der Waals surface area contributed by atoms with Gasteiger partial charge in [0.2, 0.25) is 5.95 Å². The summed E-state index contributed by atoms with van der Waals surface area (Å²) in [4.78, 5) is 15.0. The van der Waals surface area contributed by atoms with E-state index in [9.17, 15) is 0 Å². The van der Waals surface area contributed by atoms with E-state index >= 15 is 0 Å². The molecule has 1 saturated heterocycles. The van der Waals surface area contributed by atoms with E-state index in [1.165, 1.54) is 0 Å². The predicted octanol–water partition coefficient (Wildman–Crippen LogP) is 3.24. The summed E-state index contributed by atoms with van der Waals surface area (Å²) in [5.41, 5.74) is 7.42. The summed E-state index contributed by atoms with van der Waals surface area (Å²) in [6.45, 7) is 1.68. The van der Waals surface area contributed by atoms with Crippen molar-refractivity contribution >= 4 is 34.5 Å². The average molecular weight is 330 g/mol. The first-order chi connectivity index (χ1) is 11.2. The molecule has 1 unspecified atom stereocenters. The Kier molecular flexibility index (Phi) is 3.53. The van der Waals surface area contributed by atoms with Crippen LogP contribution in [0, 0.1) is 0 Å². The van der Waals surface area contributed by atoms with Crippen molar-refractivity contribution in [1.82, 2.24) is 15.0 Å². The number of benzene rings is 1. The van der Waals surface area contributed by atoms with Crippen molar-refractivity contribution in [3.63, 3.8) is 0 Å². The number of anilines is 2. The zero-order valence-corrected chi connectivity index (χ0v) is 13.2. The molecule has 0 bridgehead atoms. The number of nitrogens with zero attached hydrogens (tertiary/aromatic N) is 4. The van der Waals surface area contributed by atoms with Crippen molar-refractivity contribution in [1.29, 1.82) is 0 Å². The molecule has 6 nitrogen and oxygen atoms in total. The Labute approximate surface area is 138 Å². The summed E-state index contributed by atoms with van der Waals surface area (Å²) in [5, 5.41) is 0.358. The Bertz CT molecular complexity index is 796. The van der Waals surface area contributed by atoms with Crippen LogP contribution in [0.5, 0.6) is 0 Å². The topological polar surface area (TPSA) is 81.1 Å². The van der Waals surface area contributed by atoms with Crippen molar-refractivity contribution in [3.8, 4) is 0 Å². The highest BCUT2D eigenvalue weighted by molar-refractivity contribution is 6.29. The summed E-state index contributed by atoms with van der Waals surface area (Å²) in [6, 6.07) is 9.57. The molecule has 7 heteroatoms. The summed E-state index contributed by atoms with van der Waals surface area (Å²) in [6.07, 6.45) is 2.07. The van der Waals surface area contributed by atoms with Gasteiger partial charge in [-0.2, -0.15) is 4.98 Å². The second kappa shape index (κ2) is 5.70. The number of aromatic nitrogens is 3. The van der Waals surface area contributed by atoms with Gasteiger partial charge in [0.15, 0.2) is 11.5 Å². The number of piperidine rings is 1. The summed E-state index contributed by atoms with van der Waals surface area (Å²) < 4.78 is 5.92. The molecule has 0 aliphatic carbocycles. The first-order valence-electron chi connectivity index (χ1n) is 7.59. The van der Waals surface area contributed by atoms with E-state index in [1.54, 1.807) is 6.07 Å². The lowest BCUT2D eigenvalue weighted by Gasteiger charge is -2.32. The van der Waals surface area contributed by atoms with E-state index in [4.69, 9.17) is 21.8 Å². The smallest absolute Gasteiger partial charge is 0.223 e. The van der Waals surface area contributed by atoms with Gasteiger partial charge in [-0.1, -0.05) is 23.7 Å². The Balaban J connectivity index is 1.61. The highest BCUT2D eigenvalue weighted by atomic mass is 35.5. The second-order valence-corrected chi connectivity index (χ2v) is 6.10. The van der Waals surface area contributed by atoms with Crippen molar-refractivity contribution in [2.45, 2.75) is 18.8 Å². The van der Waals surface area contributed by atoms with Gasteiger partial charge in [-0.3, -0.25) is 0 Å². The Morgan fingerprint density at radius 2 is 2.09 bits per heavy atom. The SMILES string of the molecule is Nc1nc(Cl)cc(N2CCCC(c3nc4ccccc4o3)C2)n1. The van der Waals surface area contributed by atoms with Crippen LogP contribution in [0.3, 0.4) is 0 Å². The fourth-order valence-electron chi connectivity index (χ4n) is 3.04. The van der Waals surface area contributed by atoms with E-state index < -0.39 is 0 Å². The zero-order valence-electron chi connectivity index (χ0n) is 12.4. The van der Waals surface area contributed by atoms with Crippen LogP contribution in [0.1, 0.15) is 24.7 Å². The molecule has 1 fully saturated rings. The number of hydrogen-bond acceptors (Lipinski definition) is 6. The maximum Gasteiger partial charge on any atom is 0.223 e. The Hall–Kier alpha value is -2.34. The number of fused-ring (bicyclic) bond motifs is 1. The molecule has 3 aromatic rings. The monoisotopic (exact) mass is 329 g/mol. The van der Waals surface area contributed by atoms with Crippen LogP contribution in [0.15, 0.2) is 34.7 Å². The van der Waals surface area contributed by atoms with Gasteiger partial charge >= 0.3 is 0 Å². The minimum absolute atomic E-state index is 0.191. The van der Waals surface area contributed by atoms with Crippen LogP contribution in [-0.2, 0) is 0 Å². The molecule has 118 valence electrons. The zero-order chi connectivity index (χ0) is 15.8. The number of hydrogen-bond donors (Lipinski definition) is 1. The van der Waals surface area contributed by atoms with E-state index in [1.807, 2.05) is 24.3 Å². The number of para-hydroxylation sites is 2. The average Bonchev–Trinajstić information content (AvgIpc) is 2.98. The number of nitrogen functional groups attached to an aromatic ring is 1. The molecule has 1 atom stereocenters. The maximum absolute atomic E-state index is 5.99. The highest BCUT2D eigenvalue weighted by Gasteiger charge is 2.26. The first kappa shape index (κ1) is 14.3. The number of halogens is 1.